The Balaban J connectivity index is 2.30. The zero-order chi connectivity index (χ0) is 13.1. The van der Waals surface area contributed by atoms with Gasteiger partial charge in [-0.2, -0.15) is 5.10 Å². The lowest BCUT2D eigenvalue weighted by atomic mass is 10.2. The van der Waals surface area contributed by atoms with Crippen LogP contribution in [0.5, 0.6) is 0 Å². The molecule has 5 nitrogen and oxygen atoms in total. The fraction of sp³-hybridized carbons (Fsp3) is 0.385. The Morgan fingerprint density at radius 1 is 1.44 bits per heavy atom. The maximum absolute atomic E-state index is 11.0. The maximum atomic E-state index is 11.0. The van der Waals surface area contributed by atoms with Gasteiger partial charge >= 0.3 is 5.97 Å². The van der Waals surface area contributed by atoms with Gasteiger partial charge in [-0.05, 0) is 25.0 Å². The van der Waals surface area contributed by atoms with Gasteiger partial charge in [-0.25, -0.2) is 4.79 Å². The summed E-state index contributed by atoms with van der Waals surface area (Å²) in [5.74, 6) is -0.539. The van der Waals surface area contributed by atoms with Crippen molar-refractivity contribution in [1.82, 2.24) is 9.78 Å². The number of furan rings is 1. The highest BCUT2D eigenvalue weighted by atomic mass is 16.4. The van der Waals surface area contributed by atoms with Crippen molar-refractivity contribution in [3.8, 4) is 0 Å². The van der Waals surface area contributed by atoms with Crippen molar-refractivity contribution in [3.05, 3.63) is 41.1 Å². The van der Waals surface area contributed by atoms with Crippen LogP contribution in [0.1, 0.15) is 41.4 Å². The summed E-state index contributed by atoms with van der Waals surface area (Å²) >= 11 is 0. The van der Waals surface area contributed by atoms with Crippen LogP contribution < -0.4 is 0 Å². The molecule has 0 atom stereocenters. The van der Waals surface area contributed by atoms with Crippen LogP contribution in [0.3, 0.4) is 0 Å². The van der Waals surface area contributed by atoms with Crippen LogP contribution in [0.2, 0.25) is 0 Å². The van der Waals surface area contributed by atoms with Crippen molar-refractivity contribution in [3.63, 3.8) is 0 Å². The number of aromatic nitrogens is 2. The number of carboxylic acids is 1. The van der Waals surface area contributed by atoms with Crippen molar-refractivity contribution in [2.75, 3.05) is 0 Å². The Morgan fingerprint density at radius 2 is 2.22 bits per heavy atom. The third-order valence-electron chi connectivity index (χ3n) is 2.91. The molecule has 96 valence electrons. The lowest BCUT2D eigenvalue weighted by Gasteiger charge is -2.04. The predicted octanol–water partition coefficient (Wildman–Crippen LogP) is 2.35. The lowest BCUT2D eigenvalue weighted by molar-refractivity contribution is 0.0694. The highest BCUT2D eigenvalue weighted by Gasteiger charge is 2.15. The van der Waals surface area contributed by atoms with Crippen LogP contribution in [0.25, 0.3) is 0 Å². The summed E-state index contributed by atoms with van der Waals surface area (Å²) in [4.78, 5) is 11.0. The van der Waals surface area contributed by atoms with Gasteiger partial charge in [0.25, 0.3) is 0 Å². The summed E-state index contributed by atoms with van der Waals surface area (Å²) < 4.78 is 7.04. The number of carbonyl (C=O) groups is 1. The van der Waals surface area contributed by atoms with E-state index in [1.54, 1.807) is 0 Å². The molecular formula is C13H16N2O3. The first-order valence-electron chi connectivity index (χ1n) is 6.01. The van der Waals surface area contributed by atoms with E-state index in [9.17, 15) is 4.79 Å². The van der Waals surface area contributed by atoms with E-state index >= 15 is 0 Å². The molecule has 2 aromatic heterocycles. The molecule has 0 saturated carbocycles. The molecule has 2 rings (SSSR count). The number of carboxylic acid groups (broad SMARTS) is 1. The van der Waals surface area contributed by atoms with Gasteiger partial charge in [0.1, 0.15) is 17.9 Å². The Hall–Kier alpha value is -2.04. The fourth-order valence-corrected chi connectivity index (χ4v) is 1.90. The molecule has 2 aromatic rings. The molecule has 0 bridgehead atoms. The SMILES string of the molecule is CCc1cc(CC)n(Cc2occc2C(=O)O)n1. The number of nitrogens with zero attached hydrogens (tertiary/aromatic N) is 2. The minimum Gasteiger partial charge on any atom is -0.478 e. The summed E-state index contributed by atoms with van der Waals surface area (Å²) in [6, 6.07) is 3.51. The summed E-state index contributed by atoms with van der Waals surface area (Å²) in [5.41, 5.74) is 2.29. The summed E-state index contributed by atoms with van der Waals surface area (Å²) in [6.45, 7) is 4.45. The van der Waals surface area contributed by atoms with E-state index in [-0.39, 0.29) is 5.56 Å². The Morgan fingerprint density at radius 3 is 2.83 bits per heavy atom. The first kappa shape index (κ1) is 12.4. The summed E-state index contributed by atoms with van der Waals surface area (Å²) in [6.07, 6.45) is 3.12. The highest BCUT2D eigenvalue weighted by molar-refractivity contribution is 5.88. The third-order valence-corrected chi connectivity index (χ3v) is 2.91. The Labute approximate surface area is 105 Å². The fourth-order valence-electron chi connectivity index (χ4n) is 1.90. The van der Waals surface area contributed by atoms with E-state index < -0.39 is 5.97 Å². The molecule has 0 aliphatic heterocycles. The van der Waals surface area contributed by atoms with E-state index in [4.69, 9.17) is 9.52 Å². The molecule has 0 spiro atoms. The van der Waals surface area contributed by atoms with Crippen LogP contribution >= 0.6 is 0 Å². The Kier molecular flexibility index (Phi) is 3.50. The Bertz CT molecular complexity index is 554. The largest absolute Gasteiger partial charge is 0.478 e. The van der Waals surface area contributed by atoms with E-state index in [1.165, 1.54) is 12.3 Å². The van der Waals surface area contributed by atoms with Gasteiger partial charge in [0.2, 0.25) is 0 Å². The van der Waals surface area contributed by atoms with Crippen molar-refractivity contribution in [2.24, 2.45) is 0 Å². The van der Waals surface area contributed by atoms with Gasteiger partial charge in [0.05, 0.1) is 12.0 Å². The molecule has 0 saturated heterocycles. The quantitative estimate of drug-likeness (QED) is 0.881. The van der Waals surface area contributed by atoms with E-state index in [1.807, 2.05) is 24.6 Å². The van der Waals surface area contributed by atoms with Gasteiger partial charge < -0.3 is 9.52 Å². The predicted molar refractivity (Wildman–Crippen MR) is 65.8 cm³/mol. The van der Waals surface area contributed by atoms with Gasteiger partial charge in [0, 0.05) is 5.69 Å². The first-order chi connectivity index (χ1) is 8.65. The molecule has 1 N–H and O–H groups in total. The first-order valence-corrected chi connectivity index (χ1v) is 6.01. The molecule has 0 aromatic carbocycles. The normalized spacial score (nSPS) is 10.8. The second-order valence-electron chi connectivity index (χ2n) is 4.05. The monoisotopic (exact) mass is 248 g/mol. The minimum atomic E-state index is -0.973. The third kappa shape index (κ3) is 2.30. The van der Waals surface area contributed by atoms with Gasteiger partial charge in [-0.15, -0.1) is 0 Å². The smallest absolute Gasteiger partial charge is 0.339 e. The van der Waals surface area contributed by atoms with Gasteiger partial charge in [-0.3, -0.25) is 4.68 Å². The molecule has 0 aliphatic rings. The molecular weight excluding hydrogens is 232 g/mol. The zero-order valence-electron chi connectivity index (χ0n) is 10.5. The molecule has 0 radical (unpaired) electrons. The lowest BCUT2D eigenvalue weighted by Crippen LogP contribution is -2.08. The molecule has 2 heterocycles. The van der Waals surface area contributed by atoms with Crippen LogP contribution in [-0.4, -0.2) is 20.9 Å². The molecule has 18 heavy (non-hydrogen) atoms. The van der Waals surface area contributed by atoms with Crippen LogP contribution in [0.15, 0.2) is 22.8 Å². The summed E-state index contributed by atoms with van der Waals surface area (Å²) in [5, 5.41) is 13.5. The molecule has 0 fully saturated rings. The van der Waals surface area contributed by atoms with Crippen LogP contribution in [-0.2, 0) is 19.4 Å². The number of aryl methyl sites for hydroxylation is 2. The minimum absolute atomic E-state index is 0.200. The molecule has 0 aliphatic carbocycles. The second kappa shape index (κ2) is 5.08. The highest BCUT2D eigenvalue weighted by Crippen LogP contribution is 2.15. The molecule has 0 amide bonds. The van der Waals surface area contributed by atoms with Crippen molar-refractivity contribution in [2.45, 2.75) is 33.2 Å². The zero-order valence-corrected chi connectivity index (χ0v) is 10.5. The van der Waals surface area contributed by atoms with Crippen LogP contribution in [0.4, 0.5) is 0 Å². The summed E-state index contributed by atoms with van der Waals surface area (Å²) in [7, 11) is 0. The average Bonchev–Trinajstić information content (AvgIpc) is 2.95. The van der Waals surface area contributed by atoms with Crippen molar-refractivity contribution >= 4 is 5.97 Å². The van der Waals surface area contributed by atoms with Gasteiger partial charge in [-0.1, -0.05) is 13.8 Å². The van der Waals surface area contributed by atoms with E-state index in [0.29, 0.717) is 12.3 Å². The number of hydrogen-bond acceptors (Lipinski definition) is 3. The van der Waals surface area contributed by atoms with Gasteiger partial charge in [0.15, 0.2) is 0 Å². The van der Waals surface area contributed by atoms with E-state index in [2.05, 4.69) is 5.10 Å². The van der Waals surface area contributed by atoms with E-state index in [0.717, 1.165) is 24.2 Å². The molecule has 0 unspecified atom stereocenters. The molecule has 5 heteroatoms. The number of hydrogen-bond donors (Lipinski definition) is 1. The number of aromatic carboxylic acids is 1. The van der Waals surface area contributed by atoms with Crippen LogP contribution in [0, 0.1) is 0 Å². The standard InChI is InChI=1S/C13H16N2O3/c1-3-9-7-10(4-2)15(14-9)8-12-11(13(16)17)5-6-18-12/h5-7H,3-4,8H2,1-2H3,(H,16,17). The van der Waals surface area contributed by atoms with Crippen molar-refractivity contribution < 1.29 is 14.3 Å². The topological polar surface area (TPSA) is 68.3 Å². The van der Waals surface area contributed by atoms with Crippen molar-refractivity contribution in [1.29, 1.82) is 0 Å². The maximum Gasteiger partial charge on any atom is 0.339 e. The average molecular weight is 248 g/mol. The second-order valence-corrected chi connectivity index (χ2v) is 4.05. The number of rotatable bonds is 5.